The molecule has 9 nitrogen and oxygen atoms in total. The number of aromatic nitrogens is 1. The third-order valence-corrected chi connectivity index (χ3v) is 6.56. The van der Waals surface area contributed by atoms with Gasteiger partial charge in [-0.2, -0.15) is 0 Å². The van der Waals surface area contributed by atoms with Gasteiger partial charge in [-0.25, -0.2) is 18.5 Å². The lowest BCUT2D eigenvalue weighted by Gasteiger charge is -2.36. The van der Waals surface area contributed by atoms with Crippen molar-refractivity contribution in [3.63, 3.8) is 0 Å². The van der Waals surface area contributed by atoms with Gasteiger partial charge in [0.1, 0.15) is 11.5 Å². The second kappa shape index (κ2) is 7.78. The molecule has 1 aliphatic rings. The molecular weight excluding hydrogens is 418 g/mol. The Balaban J connectivity index is 1.59. The first-order valence-electron chi connectivity index (χ1n) is 9.83. The Kier molecular flexibility index (Phi) is 5.28. The number of anilines is 2. The molecule has 0 amide bonds. The highest BCUT2D eigenvalue weighted by atomic mass is 32.2. The number of nitrogens with zero attached hydrogens (tertiary/aromatic N) is 4. The van der Waals surface area contributed by atoms with Crippen LogP contribution in [0.2, 0.25) is 0 Å². The lowest BCUT2D eigenvalue weighted by molar-refractivity contribution is -0.384. The number of pyridine rings is 1. The lowest BCUT2D eigenvalue weighted by atomic mass is 10.1. The van der Waals surface area contributed by atoms with Gasteiger partial charge in [-0.1, -0.05) is 18.2 Å². The second-order valence-corrected chi connectivity index (χ2v) is 9.26. The number of nitro groups is 1. The van der Waals surface area contributed by atoms with E-state index in [2.05, 4.69) is 24.0 Å². The molecule has 162 valence electrons. The van der Waals surface area contributed by atoms with Crippen molar-refractivity contribution in [1.82, 2.24) is 4.98 Å². The number of fused-ring (bicyclic) bond motifs is 1. The van der Waals surface area contributed by atoms with Gasteiger partial charge in [0.05, 0.1) is 15.3 Å². The van der Waals surface area contributed by atoms with Crippen molar-refractivity contribution in [3.8, 4) is 0 Å². The zero-order chi connectivity index (χ0) is 22.3. The number of sulfonamides is 1. The minimum absolute atomic E-state index is 0.268. The molecule has 0 radical (unpaired) electrons. The standard InChI is InChI=1S/C21H23N5O4S/c1-14-4-3-5-17-15(2)12-20(23-21(14)17)25-10-8-24(9-11-25)18-7-6-16(31(22,29)30)13-19(18)26(27)28/h3-7,12-13H,8-11H2,1-2H3,(H2,22,29,30). The van der Waals surface area contributed by atoms with Gasteiger partial charge >= 0.3 is 0 Å². The van der Waals surface area contributed by atoms with Gasteiger partial charge in [-0.05, 0) is 43.2 Å². The maximum Gasteiger partial charge on any atom is 0.293 e. The average molecular weight is 442 g/mol. The Morgan fingerprint density at radius 3 is 2.32 bits per heavy atom. The third kappa shape index (κ3) is 4.04. The first-order valence-corrected chi connectivity index (χ1v) is 11.4. The number of aryl methyl sites for hydroxylation is 2. The highest BCUT2D eigenvalue weighted by molar-refractivity contribution is 7.89. The molecule has 1 aromatic heterocycles. The zero-order valence-electron chi connectivity index (χ0n) is 17.3. The monoisotopic (exact) mass is 441 g/mol. The zero-order valence-corrected chi connectivity index (χ0v) is 18.1. The summed E-state index contributed by atoms with van der Waals surface area (Å²) in [4.78, 5) is 19.6. The number of hydrogen-bond donors (Lipinski definition) is 1. The maximum absolute atomic E-state index is 11.6. The number of piperazine rings is 1. The van der Waals surface area contributed by atoms with Crippen molar-refractivity contribution in [1.29, 1.82) is 0 Å². The molecule has 0 spiro atoms. The fraction of sp³-hybridized carbons (Fsp3) is 0.286. The molecule has 4 rings (SSSR count). The molecule has 0 aliphatic carbocycles. The molecule has 1 saturated heterocycles. The third-order valence-electron chi connectivity index (χ3n) is 5.65. The minimum Gasteiger partial charge on any atom is -0.362 e. The van der Waals surface area contributed by atoms with Gasteiger partial charge in [0, 0.05) is 37.6 Å². The summed E-state index contributed by atoms with van der Waals surface area (Å²) in [5.74, 6) is 0.887. The normalized spacial score (nSPS) is 14.8. The van der Waals surface area contributed by atoms with Gasteiger partial charge in [0.2, 0.25) is 10.0 Å². The second-order valence-electron chi connectivity index (χ2n) is 7.70. The maximum atomic E-state index is 11.6. The van der Waals surface area contributed by atoms with Crippen LogP contribution in [-0.4, -0.2) is 44.5 Å². The van der Waals surface area contributed by atoms with Gasteiger partial charge in [0.15, 0.2) is 0 Å². The van der Waals surface area contributed by atoms with E-state index in [4.69, 9.17) is 10.1 Å². The number of nitrogens with two attached hydrogens (primary N) is 1. The Bertz CT molecular complexity index is 1280. The van der Waals surface area contributed by atoms with Crippen LogP contribution in [0.5, 0.6) is 0 Å². The summed E-state index contributed by atoms with van der Waals surface area (Å²) < 4.78 is 23.1. The largest absolute Gasteiger partial charge is 0.362 e. The average Bonchev–Trinajstić information content (AvgIpc) is 2.73. The molecule has 0 atom stereocenters. The Morgan fingerprint density at radius 1 is 1.00 bits per heavy atom. The van der Waals surface area contributed by atoms with Crippen molar-refractivity contribution in [2.45, 2.75) is 18.7 Å². The molecular formula is C21H23N5O4S. The topological polar surface area (TPSA) is 123 Å². The van der Waals surface area contributed by atoms with E-state index in [1.165, 1.54) is 12.1 Å². The molecule has 2 aromatic carbocycles. The van der Waals surface area contributed by atoms with Crippen LogP contribution in [0.1, 0.15) is 11.1 Å². The summed E-state index contributed by atoms with van der Waals surface area (Å²) >= 11 is 0. The fourth-order valence-corrected chi connectivity index (χ4v) is 4.51. The SMILES string of the molecule is Cc1cc(N2CCN(c3ccc(S(N)(=O)=O)cc3[N+](=O)[O-])CC2)nc2c(C)cccc12. The Hall–Kier alpha value is -3.24. The van der Waals surface area contributed by atoms with Crippen molar-refractivity contribution in [2.75, 3.05) is 36.0 Å². The van der Waals surface area contributed by atoms with E-state index in [9.17, 15) is 18.5 Å². The molecule has 2 heterocycles. The van der Waals surface area contributed by atoms with E-state index in [1.54, 1.807) is 0 Å². The molecule has 2 N–H and O–H groups in total. The van der Waals surface area contributed by atoms with Gasteiger partial charge in [0.25, 0.3) is 5.69 Å². The Morgan fingerprint density at radius 2 is 1.68 bits per heavy atom. The van der Waals surface area contributed by atoms with Crippen LogP contribution in [0, 0.1) is 24.0 Å². The van der Waals surface area contributed by atoms with Crippen LogP contribution in [0.4, 0.5) is 17.2 Å². The fourth-order valence-electron chi connectivity index (χ4n) is 3.98. The van der Waals surface area contributed by atoms with Crippen LogP contribution in [0.3, 0.4) is 0 Å². The first-order chi connectivity index (χ1) is 14.6. The smallest absolute Gasteiger partial charge is 0.293 e. The predicted octanol–water partition coefficient (Wildman–Crippen LogP) is 2.73. The van der Waals surface area contributed by atoms with Crippen molar-refractivity contribution < 1.29 is 13.3 Å². The number of nitro benzene ring substituents is 1. The highest BCUT2D eigenvalue weighted by Gasteiger charge is 2.26. The Labute approximate surface area is 180 Å². The van der Waals surface area contributed by atoms with E-state index in [0.29, 0.717) is 31.9 Å². The van der Waals surface area contributed by atoms with Crippen LogP contribution in [0.25, 0.3) is 10.9 Å². The summed E-state index contributed by atoms with van der Waals surface area (Å²) in [5.41, 5.74) is 3.37. The van der Waals surface area contributed by atoms with E-state index < -0.39 is 14.9 Å². The van der Waals surface area contributed by atoms with Crippen molar-refractivity contribution >= 4 is 38.1 Å². The van der Waals surface area contributed by atoms with Crippen molar-refractivity contribution in [3.05, 3.63) is 63.7 Å². The predicted molar refractivity (Wildman–Crippen MR) is 120 cm³/mol. The van der Waals surface area contributed by atoms with Crippen molar-refractivity contribution in [2.24, 2.45) is 5.14 Å². The van der Waals surface area contributed by atoms with Gasteiger partial charge in [-0.3, -0.25) is 10.1 Å². The summed E-state index contributed by atoms with van der Waals surface area (Å²) in [6, 6.07) is 12.0. The molecule has 3 aromatic rings. The van der Waals surface area contributed by atoms with Gasteiger partial charge < -0.3 is 9.80 Å². The van der Waals surface area contributed by atoms with Crippen LogP contribution >= 0.6 is 0 Å². The molecule has 1 fully saturated rings. The minimum atomic E-state index is -4.02. The molecule has 0 bridgehead atoms. The lowest BCUT2D eigenvalue weighted by Crippen LogP contribution is -2.47. The molecule has 0 unspecified atom stereocenters. The number of hydrogen-bond acceptors (Lipinski definition) is 7. The summed E-state index contributed by atoms with van der Waals surface area (Å²) in [5, 5.41) is 17.8. The number of benzene rings is 2. The number of para-hydroxylation sites is 1. The molecule has 31 heavy (non-hydrogen) atoms. The van der Waals surface area contributed by atoms with Crippen LogP contribution in [0.15, 0.2) is 47.4 Å². The highest BCUT2D eigenvalue weighted by Crippen LogP contribution is 2.32. The molecule has 0 saturated carbocycles. The summed E-state index contributed by atoms with van der Waals surface area (Å²) in [7, 11) is -4.02. The van der Waals surface area contributed by atoms with Crippen LogP contribution in [-0.2, 0) is 10.0 Å². The van der Waals surface area contributed by atoms with E-state index in [0.717, 1.165) is 33.9 Å². The quantitative estimate of drug-likeness (QED) is 0.488. The molecule has 1 aliphatic heterocycles. The number of rotatable bonds is 4. The summed E-state index contributed by atoms with van der Waals surface area (Å²) in [6.07, 6.45) is 0. The van der Waals surface area contributed by atoms with Gasteiger partial charge in [-0.15, -0.1) is 0 Å². The molecule has 10 heteroatoms. The number of primary sulfonamides is 1. The van der Waals surface area contributed by atoms with E-state index in [1.807, 2.05) is 24.0 Å². The summed E-state index contributed by atoms with van der Waals surface area (Å²) in [6.45, 7) is 6.47. The van der Waals surface area contributed by atoms with E-state index in [-0.39, 0.29) is 10.6 Å². The van der Waals surface area contributed by atoms with Crippen LogP contribution < -0.4 is 14.9 Å². The first kappa shape index (κ1) is 21.0. The van der Waals surface area contributed by atoms with E-state index >= 15 is 0 Å².